The number of benzene rings is 1. The third kappa shape index (κ3) is 0.930. The summed E-state index contributed by atoms with van der Waals surface area (Å²) in [7, 11) is 0. The van der Waals surface area contributed by atoms with Crippen LogP contribution >= 0.6 is 0 Å². The van der Waals surface area contributed by atoms with E-state index >= 15 is 0 Å². The number of cyclic esters (lactones) is 1. The zero-order chi connectivity index (χ0) is 9.71. The molecule has 0 saturated heterocycles. The van der Waals surface area contributed by atoms with Crippen molar-refractivity contribution in [3.63, 3.8) is 0 Å². The smallest absolute Gasteiger partial charge is 0.338 e. The van der Waals surface area contributed by atoms with Gasteiger partial charge in [-0.2, -0.15) is 0 Å². The molecular weight excluding hydrogens is 178 g/mol. The molecule has 1 unspecified atom stereocenters. The Balaban J connectivity index is 2.20. The zero-order valence-corrected chi connectivity index (χ0v) is 7.75. The van der Waals surface area contributed by atoms with Gasteiger partial charge in [0.2, 0.25) is 0 Å². The van der Waals surface area contributed by atoms with Crippen LogP contribution in [0.15, 0.2) is 12.1 Å². The molecule has 2 N–H and O–H groups in total. The van der Waals surface area contributed by atoms with E-state index in [2.05, 4.69) is 0 Å². The first-order valence-corrected chi connectivity index (χ1v) is 4.84. The second-order valence-electron chi connectivity index (χ2n) is 3.93. The van der Waals surface area contributed by atoms with E-state index in [4.69, 9.17) is 10.5 Å². The summed E-state index contributed by atoms with van der Waals surface area (Å²) in [6.45, 7) is 0.411. The van der Waals surface area contributed by atoms with Crippen LogP contribution in [0.3, 0.4) is 0 Å². The minimum absolute atomic E-state index is 0.144. The van der Waals surface area contributed by atoms with Crippen LogP contribution in [0.2, 0.25) is 0 Å². The molecule has 1 atom stereocenters. The fraction of sp³-hybridized carbons (Fsp3) is 0.364. The maximum Gasteiger partial charge on any atom is 0.338 e. The summed E-state index contributed by atoms with van der Waals surface area (Å²) in [6.07, 6.45) is 1.98. The van der Waals surface area contributed by atoms with Crippen molar-refractivity contribution < 1.29 is 9.53 Å². The van der Waals surface area contributed by atoms with Crippen molar-refractivity contribution in [2.24, 2.45) is 5.73 Å². The van der Waals surface area contributed by atoms with Crippen molar-refractivity contribution in [1.82, 2.24) is 0 Å². The monoisotopic (exact) mass is 189 g/mol. The molecule has 0 aromatic heterocycles. The first-order valence-electron chi connectivity index (χ1n) is 4.84. The third-order valence-corrected chi connectivity index (χ3v) is 3.07. The molecule has 0 spiro atoms. The van der Waals surface area contributed by atoms with Crippen molar-refractivity contribution in [1.29, 1.82) is 0 Å². The zero-order valence-electron chi connectivity index (χ0n) is 7.75. The molecule has 3 rings (SSSR count). The van der Waals surface area contributed by atoms with Gasteiger partial charge in [0.1, 0.15) is 6.61 Å². The highest BCUT2D eigenvalue weighted by atomic mass is 16.5. The minimum Gasteiger partial charge on any atom is -0.457 e. The van der Waals surface area contributed by atoms with Crippen LogP contribution in [0.4, 0.5) is 0 Å². The highest BCUT2D eigenvalue weighted by Crippen LogP contribution is 2.33. The van der Waals surface area contributed by atoms with Crippen LogP contribution < -0.4 is 5.73 Å². The number of rotatable bonds is 0. The Morgan fingerprint density at radius 1 is 1.36 bits per heavy atom. The van der Waals surface area contributed by atoms with Crippen LogP contribution in [-0.2, 0) is 17.8 Å². The Morgan fingerprint density at radius 2 is 2.21 bits per heavy atom. The summed E-state index contributed by atoms with van der Waals surface area (Å²) in [6, 6.07) is 4.13. The quantitative estimate of drug-likeness (QED) is 0.626. The van der Waals surface area contributed by atoms with Gasteiger partial charge < -0.3 is 10.5 Å². The molecule has 0 saturated carbocycles. The second-order valence-corrected chi connectivity index (χ2v) is 3.93. The molecule has 1 heterocycles. The van der Waals surface area contributed by atoms with E-state index < -0.39 is 0 Å². The number of fused-ring (bicyclic) bond motifs is 2. The maximum atomic E-state index is 11.3. The normalized spacial score (nSPS) is 23.2. The molecule has 0 amide bonds. The number of ether oxygens (including phenoxy) is 1. The molecule has 1 aliphatic carbocycles. The molecule has 1 aromatic carbocycles. The predicted molar refractivity (Wildman–Crippen MR) is 50.8 cm³/mol. The van der Waals surface area contributed by atoms with Gasteiger partial charge in [-0.1, -0.05) is 0 Å². The van der Waals surface area contributed by atoms with Gasteiger partial charge in [0.05, 0.1) is 5.56 Å². The minimum atomic E-state index is -0.191. The Hall–Kier alpha value is -1.35. The lowest BCUT2D eigenvalue weighted by Crippen LogP contribution is -2.05. The van der Waals surface area contributed by atoms with Gasteiger partial charge >= 0.3 is 5.97 Å². The molecule has 3 heteroatoms. The average molecular weight is 189 g/mol. The fourth-order valence-electron chi connectivity index (χ4n) is 2.27. The van der Waals surface area contributed by atoms with Gasteiger partial charge in [-0.3, -0.25) is 0 Å². The first-order chi connectivity index (χ1) is 6.75. The van der Waals surface area contributed by atoms with Crippen molar-refractivity contribution >= 4 is 5.97 Å². The number of nitrogens with two attached hydrogens (primary N) is 1. The highest BCUT2D eigenvalue weighted by molar-refractivity contribution is 5.93. The molecule has 1 aromatic rings. The summed E-state index contributed by atoms with van der Waals surface area (Å²) < 4.78 is 4.96. The summed E-state index contributed by atoms with van der Waals surface area (Å²) in [5.41, 5.74) is 10.1. The van der Waals surface area contributed by atoms with E-state index in [1.165, 1.54) is 11.1 Å². The van der Waals surface area contributed by atoms with Gasteiger partial charge in [-0.05, 0) is 36.1 Å². The second kappa shape index (κ2) is 2.58. The SMILES string of the molecule is NC1CCc2cc3c(cc21)COC3=O. The average Bonchev–Trinajstić information content (AvgIpc) is 2.71. The van der Waals surface area contributed by atoms with E-state index in [-0.39, 0.29) is 12.0 Å². The molecule has 72 valence electrons. The number of hydrogen-bond acceptors (Lipinski definition) is 3. The molecule has 0 fully saturated rings. The van der Waals surface area contributed by atoms with Crippen molar-refractivity contribution in [3.8, 4) is 0 Å². The maximum absolute atomic E-state index is 11.3. The molecule has 0 radical (unpaired) electrons. The molecule has 0 bridgehead atoms. The summed E-state index contributed by atoms with van der Waals surface area (Å²) in [5.74, 6) is -0.191. The number of aryl methyl sites for hydroxylation is 1. The Bertz CT molecular complexity index is 426. The van der Waals surface area contributed by atoms with Crippen molar-refractivity contribution in [2.75, 3.05) is 0 Å². The van der Waals surface area contributed by atoms with Crippen LogP contribution in [0.25, 0.3) is 0 Å². The van der Waals surface area contributed by atoms with Gasteiger partial charge in [0.25, 0.3) is 0 Å². The summed E-state index contributed by atoms with van der Waals surface area (Å²) in [4.78, 5) is 11.3. The summed E-state index contributed by atoms with van der Waals surface area (Å²) >= 11 is 0. The molecule has 1 aliphatic heterocycles. The molecule has 3 nitrogen and oxygen atoms in total. The molecule has 14 heavy (non-hydrogen) atoms. The van der Waals surface area contributed by atoms with Crippen LogP contribution in [0.1, 0.15) is 39.5 Å². The number of carbonyl (C=O) groups excluding carboxylic acids is 1. The van der Waals surface area contributed by atoms with Crippen LogP contribution in [-0.4, -0.2) is 5.97 Å². The van der Waals surface area contributed by atoms with E-state index in [0.717, 1.165) is 24.0 Å². The third-order valence-electron chi connectivity index (χ3n) is 3.07. The number of carbonyl (C=O) groups is 1. The van der Waals surface area contributed by atoms with Gasteiger partial charge in [0, 0.05) is 11.6 Å². The summed E-state index contributed by atoms with van der Waals surface area (Å²) in [5, 5.41) is 0. The fourth-order valence-corrected chi connectivity index (χ4v) is 2.27. The van der Waals surface area contributed by atoms with E-state index in [1.54, 1.807) is 0 Å². The largest absolute Gasteiger partial charge is 0.457 e. The van der Waals surface area contributed by atoms with Crippen LogP contribution in [0, 0.1) is 0 Å². The Morgan fingerprint density at radius 3 is 3.07 bits per heavy atom. The lowest BCUT2D eigenvalue weighted by molar-refractivity contribution is 0.0535. The van der Waals surface area contributed by atoms with Crippen molar-refractivity contribution in [2.45, 2.75) is 25.5 Å². The van der Waals surface area contributed by atoms with Gasteiger partial charge in [0.15, 0.2) is 0 Å². The van der Waals surface area contributed by atoms with E-state index in [0.29, 0.717) is 6.61 Å². The molecule has 2 aliphatic rings. The van der Waals surface area contributed by atoms with Crippen molar-refractivity contribution in [3.05, 3.63) is 34.4 Å². The topological polar surface area (TPSA) is 52.3 Å². The predicted octanol–water partition coefficient (Wildman–Crippen LogP) is 1.30. The van der Waals surface area contributed by atoms with E-state index in [1.807, 2.05) is 12.1 Å². The highest BCUT2D eigenvalue weighted by Gasteiger charge is 2.27. The Labute approximate surface area is 81.9 Å². The number of hydrogen-bond donors (Lipinski definition) is 1. The Kier molecular flexibility index (Phi) is 1.47. The van der Waals surface area contributed by atoms with E-state index in [9.17, 15) is 4.79 Å². The van der Waals surface area contributed by atoms with Gasteiger partial charge in [-0.25, -0.2) is 4.79 Å². The number of esters is 1. The lowest BCUT2D eigenvalue weighted by Gasteiger charge is -2.05. The van der Waals surface area contributed by atoms with Gasteiger partial charge in [-0.15, -0.1) is 0 Å². The lowest BCUT2D eigenvalue weighted by atomic mass is 10.0. The first kappa shape index (κ1) is 8.00. The standard InChI is InChI=1S/C11H11NO2/c12-10-2-1-6-3-9-7(4-8(6)10)5-14-11(9)13/h3-4,10H,1-2,5,12H2. The van der Waals surface area contributed by atoms with Crippen LogP contribution in [0.5, 0.6) is 0 Å². The molecular formula is C11H11NO2.